The highest BCUT2D eigenvalue weighted by atomic mass is 35.5. The quantitative estimate of drug-likeness (QED) is 0.839. The van der Waals surface area contributed by atoms with Crippen molar-refractivity contribution in [2.75, 3.05) is 26.2 Å². The van der Waals surface area contributed by atoms with E-state index in [4.69, 9.17) is 0 Å². The fourth-order valence-corrected chi connectivity index (χ4v) is 2.93. The number of nitrogens with zero attached hydrogens (tertiary/aromatic N) is 1. The lowest BCUT2D eigenvalue weighted by Crippen LogP contribution is -2.33. The van der Waals surface area contributed by atoms with Crippen LogP contribution in [0.1, 0.15) is 46.5 Å². The molecule has 106 valence electrons. The third-order valence-electron chi connectivity index (χ3n) is 4.21. The molecule has 0 aromatic rings. The molecule has 0 radical (unpaired) electrons. The highest BCUT2D eigenvalue weighted by Crippen LogP contribution is 2.36. The number of rotatable bonds is 2. The molecule has 2 aliphatic rings. The van der Waals surface area contributed by atoms with E-state index in [9.17, 15) is 4.79 Å². The molecule has 1 atom stereocenters. The third kappa shape index (κ3) is 3.86. The second kappa shape index (κ2) is 5.79. The van der Waals surface area contributed by atoms with Crippen LogP contribution in [-0.4, -0.2) is 37.0 Å². The largest absolute Gasteiger partial charge is 0.342 e. The van der Waals surface area contributed by atoms with Crippen LogP contribution >= 0.6 is 12.4 Å². The third-order valence-corrected chi connectivity index (χ3v) is 4.21. The maximum atomic E-state index is 12.1. The molecule has 0 aromatic heterocycles. The van der Waals surface area contributed by atoms with E-state index >= 15 is 0 Å². The fourth-order valence-electron chi connectivity index (χ4n) is 2.93. The van der Waals surface area contributed by atoms with Crippen molar-refractivity contribution in [2.24, 2.45) is 10.8 Å². The summed E-state index contributed by atoms with van der Waals surface area (Å²) in [6.07, 6.45) is 4.15. The molecule has 1 spiro atoms. The van der Waals surface area contributed by atoms with E-state index in [-0.39, 0.29) is 17.8 Å². The van der Waals surface area contributed by atoms with Crippen LogP contribution in [0.3, 0.4) is 0 Å². The van der Waals surface area contributed by atoms with Crippen LogP contribution in [0.15, 0.2) is 0 Å². The first-order valence-electron chi connectivity index (χ1n) is 6.89. The predicted octanol–water partition coefficient (Wildman–Crippen LogP) is 2.45. The van der Waals surface area contributed by atoms with Gasteiger partial charge in [-0.2, -0.15) is 0 Å². The zero-order valence-corrected chi connectivity index (χ0v) is 12.7. The van der Waals surface area contributed by atoms with Gasteiger partial charge in [-0.3, -0.25) is 4.79 Å². The standard InChI is InChI=1S/C14H26N2O.ClH/c1-13(2,3)5-4-12(17)16-9-7-14(11-16)6-8-15-10-14;/h15H,4-11H2,1-3H3;1H. The van der Waals surface area contributed by atoms with Gasteiger partial charge in [0, 0.05) is 31.5 Å². The van der Waals surface area contributed by atoms with Gasteiger partial charge in [0.15, 0.2) is 0 Å². The molecule has 0 aliphatic carbocycles. The summed E-state index contributed by atoms with van der Waals surface area (Å²) in [7, 11) is 0. The molecule has 2 saturated heterocycles. The molecule has 2 rings (SSSR count). The van der Waals surface area contributed by atoms with Gasteiger partial charge in [0.1, 0.15) is 0 Å². The molecule has 2 aliphatic heterocycles. The number of halogens is 1. The van der Waals surface area contributed by atoms with Crippen molar-refractivity contribution in [3.8, 4) is 0 Å². The average molecular weight is 275 g/mol. The molecule has 2 fully saturated rings. The number of hydrogen-bond acceptors (Lipinski definition) is 2. The maximum Gasteiger partial charge on any atom is 0.222 e. The van der Waals surface area contributed by atoms with Gasteiger partial charge in [0.25, 0.3) is 0 Å². The Balaban J connectivity index is 0.00000162. The minimum atomic E-state index is 0. The minimum absolute atomic E-state index is 0. The fraction of sp³-hybridized carbons (Fsp3) is 0.929. The topological polar surface area (TPSA) is 32.3 Å². The number of carbonyl (C=O) groups is 1. The van der Waals surface area contributed by atoms with Crippen LogP contribution < -0.4 is 5.32 Å². The molecular formula is C14H27ClN2O. The zero-order chi connectivity index (χ0) is 12.5. The molecule has 3 nitrogen and oxygen atoms in total. The number of nitrogens with one attached hydrogen (secondary N) is 1. The van der Waals surface area contributed by atoms with Crippen molar-refractivity contribution >= 4 is 18.3 Å². The predicted molar refractivity (Wildman–Crippen MR) is 77.1 cm³/mol. The van der Waals surface area contributed by atoms with E-state index in [0.29, 0.717) is 17.7 Å². The van der Waals surface area contributed by atoms with Gasteiger partial charge in [-0.1, -0.05) is 20.8 Å². The summed E-state index contributed by atoms with van der Waals surface area (Å²) < 4.78 is 0. The van der Waals surface area contributed by atoms with Crippen LogP contribution in [0.25, 0.3) is 0 Å². The molecule has 1 N–H and O–H groups in total. The summed E-state index contributed by atoms with van der Waals surface area (Å²) in [5.41, 5.74) is 0.680. The summed E-state index contributed by atoms with van der Waals surface area (Å²) >= 11 is 0. The molecule has 2 heterocycles. The van der Waals surface area contributed by atoms with Crippen molar-refractivity contribution in [2.45, 2.75) is 46.5 Å². The number of carbonyl (C=O) groups excluding carboxylic acids is 1. The van der Waals surface area contributed by atoms with Gasteiger partial charge in [-0.15, -0.1) is 12.4 Å². The molecule has 1 unspecified atom stereocenters. The van der Waals surface area contributed by atoms with Crippen molar-refractivity contribution in [3.05, 3.63) is 0 Å². The van der Waals surface area contributed by atoms with Gasteiger partial charge in [0.2, 0.25) is 5.91 Å². The Morgan fingerprint density at radius 1 is 1.33 bits per heavy atom. The van der Waals surface area contributed by atoms with E-state index in [2.05, 4.69) is 31.0 Å². The van der Waals surface area contributed by atoms with Gasteiger partial charge in [-0.25, -0.2) is 0 Å². The smallest absolute Gasteiger partial charge is 0.222 e. The molecular weight excluding hydrogens is 248 g/mol. The van der Waals surface area contributed by atoms with Crippen molar-refractivity contribution in [3.63, 3.8) is 0 Å². The monoisotopic (exact) mass is 274 g/mol. The molecule has 0 aromatic carbocycles. The van der Waals surface area contributed by atoms with E-state index in [1.54, 1.807) is 0 Å². The Morgan fingerprint density at radius 3 is 2.61 bits per heavy atom. The molecule has 18 heavy (non-hydrogen) atoms. The lowest BCUT2D eigenvalue weighted by Gasteiger charge is -2.24. The Bertz CT molecular complexity index is 293. The maximum absolute atomic E-state index is 12.1. The lowest BCUT2D eigenvalue weighted by molar-refractivity contribution is -0.131. The zero-order valence-electron chi connectivity index (χ0n) is 11.9. The minimum Gasteiger partial charge on any atom is -0.342 e. The highest BCUT2D eigenvalue weighted by molar-refractivity contribution is 5.85. The highest BCUT2D eigenvalue weighted by Gasteiger charge is 2.41. The molecule has 0 saturated carbocycles. The second-order valence-corrected chi connectivity index (χ2v) is 7.05. The Labute approximate surface area is 117 Å². The summed E-state index contributed by atoms with van der Waals surface area (Å²) in [5.74, 6) is 0.365. The van der Waals surface area contributed by atoms with E-state index < -0.39 is 0 Å². The first-order valence-corrected chi connectivity index (χ1v) is 6.89. The second-order valence-electron chi connectivity index (χ2n) is 7.05. The first kappa shape index (κ1) is 15.8. The van der Waals surface area contributed by atoms with Gasteiger partial charge in [0.05, 0.1) is 0 Å². The van der Waals surface area contributed by atoms with Gasteiger partial charge in [-0.05, 0) is 31.2 Å². The molecule has 4 heteroatoms. The van der Waals surface area contributed by atoms with Crippen LogP contribution in [0, 0.1) is 10.8 Å². The molecule has 1 amide bonds. The van der Waals surface area contributed by atoms with Crippen LogP contribution in [-0.2, 0) is 4.79 Å². The van der Waals surface area contributed by atoms with Gasteiger partial charge >= 0.3 is 0 Å². The van der Waals surface area contributed by atoms with Gasteiger partial charge < -0.3 is 10.2 Å². The SMILES string of the molecule is CC(C)(C)CCC(=O)N1CCC2(CCNC2)C1.Cl. The Kier molecular flexibility index (Phi) is 5.07. The van der Waals surface area contributed by atoms with Crippen molar-refractivity contribution < 1.29 is 4.79 Å². The summed E-state index contributed by atoms with van der Waals surface area (Å²) in [6, 6.07) is 0. The summed E-state index contributed by atoms with van der Waals surface area (Å²) in [5, 5.41) is 3.43. The van der Waals surface area contributed by atoms with E-state index in [1.165, 1.54) is 12.8 Å². The average Bonchev–Trinajstić information content (AvgIpc) is 2.85. The first-order chi connectivity index (χ1) is 7.90. The summed E-state index contributed by atoms with van der Waals surface area (Å²) in [6.45, 7) is 10.8. The van der Waals surface area contributed by atoms with Crippen LogP contribution in [0.5, 0.6) is 0 Å². The normalized spacial score (nSPS) is 27.6. The van der Waals surface area contributed by atoms with Crippen LogP contribution in [0.4, 0.5) is 0 Å². The summed E-state index contributed by atoms with van der Waals surface area (Å²) in [4.78, 5) is 14.2. The number of amides is 1. The molecule has 0 bridgehead atoms. The Hall–Kier alpha value is -0.280. The number of likely N-dealkylation sites (tertiary alicyclic amines) is 1. The number of hydrogen-bond donors (Lipinski definition) is 1. The van der Waals surface area contributed by atoms with E-state index in [0.717, 1.165) is 32.6 Å². The van der Waals surface area contributed by atoms with Crippen molar-refractivity contribution in [1.29, 1.82) is 0 Å². The van der Waals surface area contributed by atoms with Crippen LogP contribution in [0.2, 0.25) is 0 Å². The lowest BCUT2D eigenvalue weighted by atomic mass is 9.86. The van der Waals surface area contributed by atoms with E-state index in [1.807, 2.05) is 0 Å². The van der Waals surface area contributed by atoms with Crippen molar-refractivity contribution in [1.82, 2.24) is 10.2 Å². The Morgan fingerprint density at radius 2 is 2.06 bits per heavy atom.